The summed E-state index contributed by atoms with van der Waals surface area (Å²) in [4.78, 5) is 11.1. The summed E-state index contributed by atoms with van der Waals surface area (Å²) in [5, 5.41) is 18.8. The summed E-state index contributed by atoms with van der Waals surface area (Å²) in [6, 6.07) is 0. The second kappa shape index (κ2) is 3.89. The highest BCUT2D eigenvalue weighted by Gasteiger charge is 2.43. The first-order valence-electron chi connectivity index (χ1n) is 5.61. The molecule has 0 spiro atoms. The third-order valence-corrected chi connectivity index (χ3v) is 3.96. The van der Waals surface area contributed by atoms with Gasteiger partial charge in [0.1, 0.15) is 0 Å². The first-order chi connectivity index (χ1) is 6.70. The lowest BCUT2D eigenvalue weighted by molar-refractivity contribution is -0.154. The van der Waals surface area contributed by atoms with Crippen molar-refractivity contribution in [3.63, 3.8) is 0 Å². The number of aliphatic carboxylic acids is 1. The molecule has 0 heterocycles. The maximum Gasteiger partial charge on any atom is 0.309 e. The van der Waals surface area contributed by atoms with Crippen LogP contribution in [0.2, 0.25) is 0 Å². The van der Waals surface area contributed by atoms with Crippen molar-refractivity contribution in [3.05, 3.63) is 0 Å². The molecule has 0 amide bonds. The van der Waals surface area contributed by atoms with Crippen molar-refractivity contribution in [3.8, 4) is 0 Å². The molecule has 0 aromatic carbocycles. The van der Waals surface area contributed by atoms with Crippen LogP contribution in [0, 0.1) is 17.8 Å². The van der Waals surface area contributed by atoms with Gasteiger partial charge in [0.15, 0.2) is 0 Å². The van der Waals surface area contributed by atoms with Gasteiger partial charge in [0.05, 0.1) is 12.0 Å². The number of hydrogen-bond donors (Lipinski definition) is 2. The van der Waals surface area contributed by atoms with Crippen LogP contribution in [-0.2, 0) is 4.79 Å². The molecule has 2 aliphatic carbocycles. The van der Waals surface area contributed by atoms with Crippen molar-refractivity contribution < 1.29 is 15.0 Å². The Hall–Kier alpha value is -0.570. The van der Waals surface area contributed by atoms with E-state index in [0.717, 1.165) is 19.3 Å². The van der Waals surface area contributed by atoms with Gasteiger partial charge in [-0.3, -0.25) is 4.79 Å². The van der Waals surface area contributed by atoms with Crippen LogP contribution in [0.15, 0.2) is 0 Å². The Morgan fingerprint density at radius 2 is 1.79 bits per heavy atom. The molecular formula is C11H18O3. The Bertz CT molecular complexity index is 227. The van der Waals surface area contributed by atoms with E-state index in [-0.39, 0.29) is 5.92 Å². The summed E-state index contributed by atoms with van der Waals surface area (Å²) in [7, 11) is 0. The van der Waals surface area contributed by atoms with Gasteiger partial charge in [-0.1, -0.05) is 19.3 Å². The summed E-state index contributed by atoms with van der Waals surface area (Å²) in [6.07, 6.45) is 5.64. The molecule has 2 saturated carbocycles. The zero-order chi connectivity index (χ0) is 10.1. The molecule has 2 N–H and O–H groups in total. The van der Waals surface area contributed by atoms with Crippen molar-refractivity contribution in [2.75, 3.05) is 0 Å². The fraction of sp³-hybridized carbons (Fsp3) is 0.909. The van der Waals surface area contributed by atoms with E-state index >= 15 is 0 Å². The number of aliphatic hydroxyl groups is 1. The lowest BCUT2D eigenvalue weighted by atomic mass is 9.64. The summed E-state index contributed by atoms with van der Waals surface area (Å²) in [5.74, 6) is -0.485. The molecule has 3 nitrogen and oxygen atoms in total. The zero-order valence-electron chi connectivity index (χ0n) is 8.35. The highest BCUT2D eigenvalue weighted by molar-refractivity contribution is 5.71. The van der Waals surface area contributed by atoms with Crippen LogP contribution in [0.1, 0.15) is 38.5 Å². The molecule has 3 heteroatoms. The van der Waals surface area contributed by atoms with E-state index in [9.17, 15) is 9.90 Å². The number of fused-ring (bicyclic) bond motifs is 1. The minimum absolute atomic E-state index is 0.241. The SMILES string of the molecule is O=C(O)C1C(O)CCC2CCCCC21. The van der Waals surface area contributed by atoms with Gasteiger partial charge in [-0.2, -0.15) is 0 Å². The molecule has 0 aliphatic heterocycles. The molecule has 2 rings (SSSR count). The number of hydrogen-bond acceptors (Lipinski definition) is 2. The van der Waals surface area contributed by atoms with Crippen molar-refractivity contribution in [1.82, 2.24) is 0 Å². The lowest BCUT2D eigenvalue weighted by Gasteiger charge is -2.41. The predicted molar refractivity (Wildman–Crippen MR) is 51.8 cm³/mol. The summed E-state index contributed by atoms with van der Waals surface area (Å²) in [6.45, 7) is 0. The van der Waals surface area contributed by atoms with E-state index in [1.54, 1.807) is 0 Å². The van der Waals surface area contributed by atoms with E-state index in [2.05, 4.69) is 0 Å². The second-order valence-electron chi connectivity index (χ2n) is 4.72. The van der Waals surface area contributed by atoms with Crippen LogP contribution in [0.25, 0.3) is 0 Å². The molecule has 0 saturated heterocycles. The van der Waals surface area contributed by atoms with Crippen LogP contribution in [-0.4, -0.2) is 22.3 Å². The number of carbonyl (C=O) groups is 1. The highest BCUT2D eigenvalue weighted by atomic mass is 16.4. The topological polar surface area (TPSA) is 57.5 Å². The van der Waals surface area contributed by atoms with Gasteiger partial charge in [0, 0.05) is 0 Å². The van der Waals surface area contributed by atoms with E-state index in [1.807, 2.05) is 0 Å². The van der Waals surface area contributed by atoms with Gasteiger partial charge in [0.2, 0.25) is 0 Å². The average Bonchev–Trinajstić information content (AvgIpc) is 2.17. The smallest absolute Gasteiger partial charge is 0.309 e. The van der Waals surface area contributed by atoms with Gasteiger partial charge < -0.3 is 10.2 Å². The maximum atomic E-state index is 11.1. The van der Waals surface area contributed by atoms with Crippen LogP contribution in [0.3, 0.4) is 0 Å². The summed E-state index contributed by atoms with van der Waals surface area (Å²) in [5.41, 5.74) is 0. The Labute approximate surface area is 84.1 Å². The third kappa shape index (κ3) is 1.65. The normalized spacial score (nSPS) is 42.9. The highest BCUT2D eigenvalue weighted by Crippen LogP contribution is 2.43. The fourth-order valence-electron chi connectivity index (χ4n) is 3.26. The molecule has 4 atom stereocenters. The van der Waals surface area contributed by atoms with Gasteiger partial charge >= 0.3 is 5.97 Å². The van der Waals surface area contributed by atoms with Gasteiger partial charge in [-0.05, 0) is 31.1 Å². The largest absolute Gasteiger partial charge is 0.481 e. The minimum Gasteiger partial charge on any atom is -0.481 e. The molecule has 14 heavy (non-hydrogen) atoms. The van der Waals surface area contributed by atoms with Gasteiger partial charge in [-0.25, -0.2) is 0 Å². The molecule has 4 unspecified atom stereocenters. The Balaban J connectivity index is 2.13. The number of carboxylic acid groups (broad SMARTS) is 1. The number of rotatable bonds is 1. The minimum atomic E-state index is -0.797. The zero-order valence-corrected chi connectivity index (χ0v) is 8.35. The Morgan fingerprint density at radius 3 is 2.50 bits per heavy atom. The number of carboxylic acids is 1. The van der Waals surface area contributed by atoms with Crippen LogP contribution >= 0.6 is 0 Å². The molecule has 80 valence electrons. The molecule has 2 fully saturated rings. The second-order valence-corrected chi connectivity index (χ2v) is 4.72. The fourth-order valence-corrected chi connectivity index (χ4v) is 3.26. The first-order valence-corrected chi connectivity index (χ1v) is 5.61. The monoisotopic (exact) mass is 198 g/mol. The lowest BCUT2D eigenvalue weighted by Crippen LogP contribution is -2.43. The van der Waals surface area contributed by atoms with Crippen molar-refractivity contribution >= 4 is 5.97 Å². The molecule has 0 aromatic rings. The van der Waals surface area contributed by atoms with Crippen molar-refractivity contribution in [1.29, 1.82) is 0 Å². The summed E-state index contributed by atoms with van der Waals surface area (Å²) < 4.78 is 0. The molecule has 0 aromatic heterocycles. The van der Waals surface area contributed by atoms with Gasteiger partial charge in [-0.15, -0.1) is 0 Å². The number of aliphatic hydroxyl groups excluding tert-OH is 1. The van der Waals surface area contributed by atoms with Gasteiger partial charge in [0.25, 0.3) is 0 Å². The van der Waals surface area contributed by atoms with Crippen molar-refractivity contribution in [2.24, 2.45) is 17.8 Å². The molecule has 2 aliphatic rings. The van der Waals surface area contributed by atoms with E-state index in [1.165, 1.54) is 12.8 Å². The van der Waals surface area contributed by atoms with E-state index in [0.29, 0.717) is 12.3 Å². The predicted octanol–water partition coefficient (Wildman–Crippen LogP) is 1.65. The molecule has 0 bridgehead atoms. The maximum absolute atomic E-state index is 11.1. The standard InChI is InChI=1S/C11H18O3/c12-9-6-5-7-3-1-2-4-8(7)10(9)11(13)14/h7-10,12H,1-6H2,(H,13,14). The van der Waals surface area contributed by atoms with E-state index < -0.39 is 18.0 Å². The Morgan fingerprint density at radius 1 is 1.07 bits per heavy atom. The Kier molecular flexibility index (Phi) is 2.77. The van der Waals surface area contributed by atoms with Crippen molar-refractivity contribution in [2.45, 2.75) is 44.6 Å². The van der Waals surface area contributed by atoms with Crippen LogP contribution in [0.5, 0.6) is 0 Å². The average molecular weight is 198 g/mol. The van der Waals surface area contributed by atoms with E-state index in [4.69, 9.17) is 5.11 Å². The molecular weight excluding hydrogens is 180 g/mol. The third-order valence-electron chi connectivity index (χ3n) is 3.96. The van der Waals surface area contributed by atoms with Crippen LogP contribution in [0.4, 0.5) is 0 Å². The summed E-state index contributed by atoms with van der Waals surface area (Å²) >= 11 is 0. The quantitative estimate of drug-likeness (QED) is 0.673. The van der Waals surface area contributed by atoms with Crippen LogP contribution < -0.4 is 0 Å². The first kappa shape index (κ1) is 9.97. The molecule has 0 radical (unpaired) electrons.